The summed E-state index contributed by atoms with van der Waals surface area (Å²) in [7, 11) is -1.03. The molecule has 0 aromatic heterocycles. The van der Waals surface area contributed by atoms with Gasteiger partial charge in [-0.15, -0.1) is 0 Å². The van der Waals surface area contributed by atoms with E-state index in [1.54, 1.807) is 50.3 Å². The van der Waals surface area contributed by atoms with E-state index in [-0.39, 0.29) is 0 Å². The van der Waals surface area contributed by atoms with Gasteiger partial charge in [0.05, 0.1) is 0 Å². The van der Waals surface area contributed by atoms with Crippen LogP contribution in [0.2, 0.25) is 0 Å². The first-order chi connectivity index (χ1) is 15.7. The van der Waals surface area contributed by atoms with Crippen LogP contribution in [0, 0.1) is 0 Å². The average molecular weight is 471 g/mol. The van der Waals surface area contributed by atoms with E-state index < -0.39 is 7.26 Å². The third-order valence-electron chi connectivity index (χ3n) is 7.99. The quantitative estimate of drug-likeness (QED) is 0.0826. The minimum atomic E-state index is -1.03. The van der Waals surface area contributed by atoms with Crippen molar-refractivity contribution >= 4 is 7.26 Å². The molecule has 0 fully saturated rings. The van der Waals surface area contributed by atoms with Crippen LogP contribution >= 0.6 is 7.26 Å². The summed E-state index contributed by atoms with van der Waals surface area (Å²) in [6, 6.07) is 0. The van der Waals surface area contributed by atoms with Crippen molar-refractivity contribution in [2.75, 3.05) is 24.6 Å². The second-order valence-corrected chi connectivity index (χ2v) is 16.2. The van der Waals surface area contributed by atoms with Gasteiger partial charge >= 0.3 is 194 Å². The number of unbranched alkanes of at least 4 members (excludes halogenated alkanes) is 19. The molecular formula is C31H67P. The van der Waals surface area contributed by atoms with Crippen molar-refractivity contribution in [2.24, 2.45) is 0 Å². The summed E-state index contributed by atoms with van der Waals surface area (Å²) in [5, 5.41) is 0. The zero-order valence-corrected chi connectivity index (χ0v) is 24.6. The van der Waals surface area contributed by atoms with Crippen molar-refractivity contribution in [3.05, 3.63) is 0 Å². The molecule has 32 heavy (non-hydrogen) atoms. The van der Waals surface area contributed by atoms with Crippen molar-refractivity contribution in [1.29, 1.82) is 0 Å². The van der Waals surface area contributed by atoms with Gasteiger partial charge in [-0.05, 0) is 0 Å². The van der Waals surface area contributed by atoms with Crippen molar-refractivity contribution < 1.29 is 0 Å². The van der Waals surface area contributed by atoms with E-state index in [4.69, 9.17) is 0 Å². The third-order valence-corrected chi connectivity index (χ3v) is 13.6. The zero-order valence-electron chi connectivity index (χ0n) is 23.6. The van der Waals surface area contributed by atoms with E-state index in [1.165, 1.54) is 122 Å². The summed E-state index contributed by atoms with van der Waals surface area (Å²) in [6.45, 7) is 9.43. The SMILES string of the molecule is CCCCCCCCCCCCCC[PH](CCCCC)(CCCCCC)CCCCCC. The predicted molar refractivity (Wildman–Crippen MR) is 157 cm³/mol. The fourth-order valence-electron chi connectivity index (χ4n) is 5.69. The fourth-order valence-corrected chi connectivity index (χ4v) is 11.2. The normalized spacial score (nSPS) is 12.5. The molecule has 0 saturated heterocycles. The molecule has 0 aliphatic carbocycles. The molecular weight excluding hydrogens is 403 g/mol. The Kier molecular flexibility index (Phi) is 26.4. The van der Waals surface area contributed by atoms with Crippen LogP contribution in [0.4, 0.5) is 0 Å². The molecule has 0 aromatic carbocycles. The average Bonchev–Trinajstić information content (AvgIpc) is 2.80. The Morgan fingerprint density at radius 1 is 0.250 bits per heavy atom. The second-order valence-electron chi connectivity index (χ2n) is 11.2. The van der Waals surface area contributed by atoms with Crippen molar-refractivity contribution in [2.45, 2.75) is 175 Å². The van der Waals surface area contributed by atoms with Crippen LogP contribution in [-0.2, 0) is 0 Å². The zero-order chi connectivity index (χ0) is 23.6. The summed E-state index contributed by atoms with van der Waals surface area (Å²) < 4.78 is 0. The van der Waals surface area contributed by atoms with E-state index in [0.717, 1.165) is 0 Å². The van der Waals surface area contributed by atoms with Gasteiger partial charge in [-0.25, -0.2) is 0 Å². The monoisotopic (exact) mass is 470 g/mol. The van der Waals surface area contributed by atoms with Crippen LogP contribution in [0.5, 0.6) is 0 Å². The number of hydrogen-bond donors (Lipinski definition) is 0. The van der Waals surface area contributed by atoms with Crippen LogP contribution < -0.4 is 0 Å². The first kappa shape index (κ1) is 32.4. The first-order valence-corrected chi connectivity index (χ1v) is 18.6. The molecule has 0 N–H and O–H groups in total. The molecule has 196 valence electrons. The molecule has 0 radical (unpaired) electrons. The first-order valence-electron chi connectivity index (χ1n) is 15.7. The molecule has 0 atom stereocenters. The molecule has 0 unspecified atom stereocenters. The fraction of sp³-hybridized carbons (Fsp3) is 1.00. The van der Waals surface area contributed by atoms with E-state index in [9.17, 15) is 0 Å². The standard InChI is InChI=1S/C31H67P/c1-5-9-13-16-17-18-19-20-21-22-23-27-31-32(28-24-12-8-4,29-25-14-10-6-2)30-26-15-11-7-3/h32H,5-31H2,1-4H3. The van der Waals surface area contributed by atoms with Gasteiger partial charge in [0.15, 0.2) is 0 Å². The van der Waals surface area contributed by atoms with Gasteiger partial charge in [0.2, 0.25) is 0 Å². The van der Waals surface area contributed by atoms with Crippen LogP contribution in [-0.4, -0.2) is 24.6 Å². The van der Waals surface area contributed by atoms with Gasteiger partial charge in [0.1, 0.15) is 0 Å². The van der Waals surface area contributed by atoms with Crippen LogP contribution in [0.15, 0.2) is 0 Å². The predicted octanol–water partition coefficient (Wildman–Crippen LogP) is 11.8. The van der Waals surface area contributed by atoms with E-state index in [2.05, 4.69) is 27.7 Å². The van der Waals surface area contributed by atoms with Gasteiger partial charge in [-0.2, -0.15) is 0 Å². The maximum absolute atomic E-state index is 2.39. The van der Waals surface area contributed by atoms with Crippen LogP contribution in [0.1, 0.15) is 175 Å². The summed E-state index contributed by atoms with van der Waals surface area (Å²) in [5.74, 6) is 0. The van der Waals surface area contributed by atoms with Gasteiger partial charge in [-0.1, -0.05) is 13.3 Å². The Balaban J connectivity index is 4.27. The molecule has 0 amide bonds. The molecule has 0 aliphatic rings. The second kappa shape index (κ2) is 26.0. The van der Waals surface area contributed by atoms with Crippen molar-refractivity contribution in [3.8, 4) is 0 Å². The van der Waals surface area contributed by atoms with Gasteiger partial charge < -0.3 is 0 Å². The Labute approximate surface area is 207 Å². The van der Waals surface area contributed by atoms with Gasteiger partial charge in [-0.3, -0.25) is 0 Å². The topological polar surface area (TPSA) is 0 Å². The molecule has 0 rings (SSSR count). The van der Waals surface area contributed by atoms with Crippen LogP contribution in [0.25, 0.3) is 0 Å². The minimum absolute atomic E-state index is 1.03. The van der Waals surface area contributed by atoms with Crippen molar-refractivity contribution in [3.63, 3.8) is 0 Å². The third kappa shape index (κ3) is 21.0. The molecule has 0 saturated carbocycles. The Morgan fingerprint density at radius 3 is 0.750 bits per heavy atom. The Bertz CT molecular complexity index is 325. The summed E-state index contributed by atoms with van der Waals surface area (Å²) in [5.41, 5.74) is 0. The van der Waals surface area contributed by atoms with E-state index in [0.29, 0.717) is 0 Å². The molecule has 1 heteroatoms. The molecule has 0 bridgehead atoms. The molecule has 0 spiro atoms. The Morgan fingerprint density at radius 2 is 0.438 bits per heavy atom. The summed E-state index contributed by atoms with van der Waals surface area (Å²) >= 11 is 0. The summed E-state index contributed by atoms with van der Waals surface area (Å²) in [6.07, 6.45) is 40.8. The van der Waals surface area contributed by atoms with E-state index >= 15 is 0 Å². The number of rotatable bonds is 27. The molecule has 0 aromatic rings. The Hall–Kier alpha value is 0.430. The molecule has 0 aliphatic heterocycles. The summed E-state index contributed by atoms with van der Waals surface area (Å²) in [4.78, 5) is 0. The van der Waals surface area contributed by atoms with Gasteiger partial charge in [0.25, 0.3) is 0 Å². The van der Waals surface area contributed by atoms with Crippen molar-refractivity contribution in [1.82, 2.24) is 0 Å². The maximum atomic E-state index is 2.39. The van der Waals surface area contributed by atoms with Gasteiger partial charge in [0, 0.05) is 0 Å². The van der Waals surface area contributed by atoms with E-state index in [1.807, 2.05) is 0 Å². The molecule has 0 nitrogen and oxygen atoms in total. The molecule has 0 heterocycles. The number of hydrogen-bond acceptors (Lipinski definition) is 0. The van der Waals surface area contributed by atoms with Crippen LogP contribution in [0.3, 0.4) is 0 Å².